The van der Waals surface area contributed by atoms with Crippen LogP contribution < -0.4 is 20.1 Å². The molecule has 2 fully saturated rings. The topological polar surface area (TPSA) is 145 Å². The minimum absolute atomic E-state index is 0.0307. The molecule has 3 heterocycles. The van der Waals surface area contributed by atoms with Gasteiger partial charge in [-0.25, -0.2) is 10.1 Å². The molecule has 0 spiro atoms. The summed E-state index contributed by atoms with van der Waals surface area (Å²) in [5.41, 5.74) is 7.00. The number of aromatic nitrogens is 4. The Hall–Kier alpha value is -3.57. The molecule has 1 saturated carbocycles. The minimum atomic E-state index is -1.76. The van der Waals surface area contributed by atoms with Crippen LogP contribution in [0.5, 0.6) is 11.6 Å². The van der Waals surface area contributed by atoms with Crippen LogP contribution in [0.15, 0.2) is 48.8 Å². The summed E-state index contributed by atoms with van der Waals surface area (Å²) in [5, 5.41) is 5.40. The average molecular weight is 637 g/mol. The Balaban J connectivity index is 1.20. The maximum Gasteiger partial charge on any atom is 0.324 e. The molecule has 0 radical (unpaired) electrons. The zero-order valence-corrected chi connectivity index (χ0v) is 27.0. The van der Waals surface area contributed by atoms with Gasteiger partial charge in [0.15, 0.2) is 11.2 Å². The van der Waals surface area contributed by atoms with Gasteiger partial charge in [0.05, 0.1) is 26.1 Å². The minimum Gasteiger partial charge on any atom is -0.479 e. The number of ether oxygens (including phenoxy) is 3. The van der Waals surface area contributed by atoms with E-state index < -0.39 is 14.6 Å². The fourth-order valence-corrected chi connectivity index (χ4v) is 7.49. The molecular weight excluding hydrogens is 595 g/mol. The van der Waals surface area contributed by atoms with E-state index in [0.29, 0.717) is 22.8 Å². The second-order valence-electron chi connectivity index (χ2n) is 12.1. The molecule has 45 heavy (non-hydrogen) atoms. The van der Waals surface area contributed by atoms with E-state index >= 15 is 0 Å². The van der Waals surface area contributed by atoms with Crippen LogP contribution in [0.3, 0.4) is 0 Å². The second-order valence-corrected chi connectivity index (χ2v) is 13.3. The summed E-state index contributed by atoms with van der Waals surface area (Å²) < 4.78 is 32.6. The Labute approximate surface area is 263 Å². The van der Waals surface area contributed by atoms with Crippen molar-refractivity contribution in [3.63, 3.8) is 0 Å². The van der Waals surface area contributed by atoms with Crippen LogP contribution in [-0.4, -0.2) is 57.5 Å². The number of esters is 1. The zero-order valence-electron chi connectivity index (χ0n) is 26.1. The van der Waals surface area contributed by atoms with Crippen molar-refractivity contribution in [1.29, 1.82) is 0 Å². The number of carbonyl (C=O) groups is 1. The van der Waals surface area contributed by atoms with E-state index in [2.05, 4.69) is 27.0 Å². The van der Waals surface area contributed by atoms with Crippen molar-refractivity contribution in [3.05, 3.63) is 48.8 Å². The second kappa shape index (κ2) is 13.8. The van der Waals surface area contributed by atoms with Crippen molar-refractivity contribution < 1.29 is 28.1 Å². The number of anilines is 1. The lowest BCUT2D eigenvalue weighted by Crippen LogP contribution is -2.41. The number of hydrogen-bond acceptors (Lipinski definition) is 11. The van der Waals surface area contributed by atoms with Crippen LogP contribution in [-0.2, 0) is 18.8 Å². The number of rotatable bonds is 12. The van der Waals surface area contributed by atoms with Gasteiger partial charge in [-0.2, -0.15) is 9.97 Å². The first-order valence-corrected chi connectivity index (χ1v) is 16.7. The highest BCUT2D eigenvalue weighted by molar-refractivity contribution is 7.45. The summed E-state index contributed by atoms with van der Waals surface area (Å²) in [6.07, 6.45) is 5.78. The standard InChI is InChI=1S/C32H41N6O6P/c1-19(2)26(31(39)43-22-12-6-7-13-22)37-45(44-25-15-9-11-21-10-5-8-14-24(21)25)41-17-23-16-20(3)30(42-23)38-18-34-27-28(38)35-32(33)36-29(27)40-4/h5,8-11,14-15,18-20,22-23,26,30,37H,6-7,12-13,16-17H2,1-4H3,(H2,33,35,36)/t20-,23?,26?,30?,45?/m0/s1. The molecule has 2 aromatic carbocycles. The lowest BCUT2D eigenvalue weighted by atomic mass is 10.1. The van der Waals surface area contributed by atoms with Crippen molar-refractivity contribution in [2.75, 3.05) is 19.5 Å². The van der Waals surface area contributed by atoms with Gasteiger partial charge in [0, 0.05) is 11.3 Å². The van der Waals surface area contributed by atoms with Crippen molar-refractivity contribution in [2.45, 2.75) is 77.4 Å². The molecule has 13 heteroatoms. The van der Waals surface area contributed by atoms with Crippen molar-refractivity contribution in [2.24, 2.45) is 11.8 Å². The summed E-state index contributed by atoms with van der Waals surface area (Å²) in [6, 6.07) is 13.3. The summed E-state index contributed by atoms with van der Waals surface area (Å²) >= 11 is 0. The smallest absolute Gasteiger partial charge is 0.324 e. The molecule has 5 atom stereocenters. The average Bonchev–Trinajstić information content (AvgIpc) is 3.78. The number of nitrogens with one attached hydrogen (secondary N) is 1. The Morgan fingerprint density at radius 3 is 2.71 bits per heavy atom. The summed E-state index contributed by atoms with van der Waals surface area (Å²) in [5.74, 6) is 0.894. The third kappa shape index (κ3) is 6.99. The number of nitrogen functional groups attached to an aromatic ring is 1. The lowest BCUT2D eigenvalue weighted by molar-refractivity contribution is -0.152. The molecule has 240 valence electrons. The summed E-state index contributed by atoms with van der Waals surface area (Å²) in [7, 11) is -0.244. The maximum atomic E-state index is 13.3. The quantitative estimate of drug-likeness (QED) is 0.141. The largest absolute Gasteiger partial charge is 0.479 e. The fourth-order valence-electron chi connectivity index (χ4n) is 6.04. The SMILES string of the molecule is COc1nc(N)nc2c1ncn2C1OC(COP(NC(C(=O)OC2CCCC2)C(C)C)Oc2cccc3ccccc23)C[C@@H]1C. The van der Waals surface area contributed by atoms with E-state index in [4.69, 9.17) is 29.0 Å². The molecule has 1 aliphatic carbocycles. The number of carbonyl (C=O) groups excluding carboxylic acids is 1. The molecule has 2 aliphatic rings. The molecule has 0 amide bonds. The van der Waals surface area contributed by atoms with E-state index in [-0.39, 0.29) is 48.8 Å². The molecule has 12 nitrogen and oxygen atoms in total. The Morgan fingerprint density at radius 1 is 1.16 bits per heavy atom. The number of hydrogen-bond donors (Lipinski definition) is 2. The molecular formula is C32H41N6O6P. The van der Waals surface area contributed by atoms with Gasteiger partial charge >= 0.3 is 14.5 Å². The van der Waals surface area contributed by atoms with Gasteiger partial charge in [-0.15, -0.1) is 0 Å². The molecule has 1 aliphatic heterocycles. The first-order chi connectivity index (χ1) is 21.8. The lowest BCUT2D eigenvalue weighted by Gasteiger charge is -2.28. The maximum absolute atomic E-state index is 13.3. The third-order valence-corrected chi connectivity index (χ3v) is 9.62. The van der Waals surface area contributed by atoms with E-state index in [9.17, 15) is 4.79 Å². The molecule has 4 unspecified atom stereocenters. The van der Waals surface area contributed by atoms with Crippen molar-refractivity contribution in [1.82, 2.24) is 24.6 Å². The molecule has 3 N–H and O–H groups in total. The van der Waals surface area contributed by atoms with Crippen LogP contribution in [0.2, 0.25) is 0 Å². The first-order valence-electron chi connectivity index (χ1n) is 15.6. The number of fused-ring (bicyclic) bond motifs is 2. The zero-order chi connectivity index (χ0) is 31.5. The Bertz CT molecular complexity index is 1620. The molecule has 0 bridgehead atoms. The van der Waals surface area contributed by atoms with Crippen LogP contribution in [0.4, 0.5) is 5.95 Å². The Kier molecular flexibility index (Phi) is 9.65. The summed E-state index contributed by atoms with van der Waals surface area (Å²) in [4.78, 5) is 26.3. The van der Waals surface area contributed by atoms with Crippen LogP contribution in [0.1, 0.15) is 59.1 Å². The summed E-state index contributed by atoms with van der Waals surface area (Å²) in [6.45, 7) is 6.35. The van der Waals surface area contributed by atoms with Crippen LogP contribution in [0, 0.1) is 11.8 Å². The normalized spacial score (nSPS) is 21.8. The number of nitrogens with two attached hydrogens (primary N) is 1. The number of benzene rings is 2. The highest BCUT2D eigenvalue weighted by Crippen LogP contribution is 2.43. The highest BCUT2D eigenvalue weighted by Gasteiger charge is 2.37. The van der Waals surface area contributed by atoms with Gasteiger partial charge in [0.25, 0.3) is 0 Å². The molecule has 4 aromatic rings. The van der Waals surface area contributed by atoms with Crippen molar-refractivity contribution >= 4 is 42.4 Å². The van der Waals surface area contributed by atoms with Gasteiger partial charge in [-0.05, 0) is 49.5 Å². The third-order valence-electron chi connectivity index (χ3n) is 8.39. The molecule has 2 aromatic heterocycles. The number of nitrogens with zero attached hydrogens (tertiary/aromatic N) is 4. The predicted octanol–water partition coefficient (Wildman–Crippen LogP) is 5.92. The van der Waals surface area contributed by atoms with Gasteiger partial charge in [0.2, 0.25) is 11.8 Å². The van der Waals surface area contributed by atoms with Crippen molar-refractivity contribution in [3.8, 4) is 11.6 Å². The molecule has 6 rings (SSSR count). The van der Waals surface area contributed by atoms with Gasteiger partial charge < -0.3 is 29.0 Å². The predicted molar refractivity (Wildman–Crippen MR) is 172 cm³/mol. The van der Waals surface area contributed by atoms with E-state index in [1.54, 1.807) is 6.33 Å². The van der Waals surface area contributed by atoms with Gasteiger partial charge in [0.1, 0.15) is 24.1 Å². The Morgan fingerprint density at radius 2 is 1.93 bits per heavy atom. The van der Waals surface area contributed by atoms with Gasteiger partial charge in [-0.3, -0.25) is 9.36 Å². The fraction of sp³-hybridized carbons (Fsp3) is 0.500. The number of methoxy groups -OCH3 is 1. The monoisotopic (exact) mass is 636 g/mol. The van der Waals surface area contributed by atoms with Crippen LogP contribution >= 0.6 is 8.53 Å². The van der Waals surface area contributed by atoms with E-state index in [1.807, 2.05) is 60.9 Å². The van der Waals surface area contributed by atoms with E-state index in [0.717, 1.165) is 42.9 Å². The number of imidazole rings is 1. The van der Waals surface area contributed by atoms with E-state index in [1.165, 1.54) is 7.11 Å². The molecule has 1 saturated heterocycles. The highest BCUT2D eigenvalue weighted by atomic mass is 31.2. The first kappa shape index (κ1) is 31.4. The van der Waals surface area contributed by atoms with Gasteiger partial charge in [-0.1, -0.05) is 57.2 Å². The van der Waals surface area contributed by atoms with Crippen LogP contribution in [0.25, 0.3) is 21.9 Å².